The minimum absolute atomic E-state index is 0.494. The monoisotopic (exact) mass is 252 g/mol. The molecule has 0 aromatic carbocycles. The van der Waals surface area contributed by atoms with Gasteiger partial charge < -0.3 is 5.32 Å². The Morgan fingerprint density at radius 1 is 1.11 bits per heavy atom. The van der Waals surface area contributed by atoms with Crippen molar-refractivity contribution in [2.75, 3.05) is 19.6 Å². The van der Waals surface area contributed by atoms with Crippen LogP contribution in [-0.2, 0) is 0 Å². The third kappa shape index (κ3) is 3.08. The Kier molecular flexibility index (Phi) is 4.71. The van der Waals surface area contributed by atoms with Gasteiger partial charge in [-0.05, 0) is 24.7 Å². The Hall–Kier alpha value is -0.0800. The largest absolute Gasteiger partial charge is 0.311 e. The maximum Gasteiger partial charge on any atom is 0.0334 e. The van der Waals surface area contributed by atoms with Crippen molar-refractivity contribution in [3.05, 3.63) is 0 Å². The summed E-state index contributed by atoms with van der Waals surface area (Å²) in [5.74, 6) is 1.54. The smallest absolute Gasteiger partial charge is 0.0334 e. The molecule has 2 fully saturated rings. The molecule has 106 valence electrons. The summed E-state index contributed by atoms with van der Waals surface area (Å²) in [7, 11) is 0. The Labute approximate surface area is 114 Å². The molecule has 1 heterocycles. The van der Waals surface area contributed by atoms with Crippen molar-refractivity contribution in [1.29, 1.82) is 0 Å². The van der Waals surface area contributed by atoms with Gasteiger partial charge in [0, 0.05) is 31.2 Å². The van der Waals surface area contributed by atoms with Crippen molar-refractivity contribution in [3.63, 3.8) is 0 Å². The Balaban J connectivity index is 2.08. The van der Waals surface area contributed by atoms with E-state index in [1.165, 1.54) is 51.7 Å². The molecule has 0 aromatic rings. The molecule has 1 N–H and O–H groups in total. The lowest BCUT2D eigenvalue weighted by molar-refractivity contribution is -0.00543. The third-order valence-corrected chi connectivity index (χ3v) is 4.96. The van der Waals surface area contributed by atoms with Gasteiger partial charge in [0.25, 0.3) is 0 Å². The minimum Gasteiger partial charge on any atom is -0.311 e. The fraction of sp³-hybridized carbons (Fsp3) is 1.00. The number of hydrogen-bond donors (Lipinski definition) is 1. The van der Waals surface area contributed by atoms with Crippen molar-refractivity contribution in [3.8, 4) is 0 Å². The molecule has 2 rings (SSSR count). The molecular formula is C16H32N2. The van der Waals surface area contributed by atoms with Crippen LogP contribution in [0.3, 0.4) is 0 Å². The zero-order valence-electron chi connectivity index (χ0n) is 12.8. The molecule has 18 heavy (non-hydrogen) atoms. The highest BCUT2D eigenvalue weighted by atomic mass is 15.3. The molecule has 0 amide bonds. The van der Waals surface area contributed by atoms with Gasteiger partial charge in [-0.25, -0.2) is 0 Å². The number of hydrogen-bond acceptors (Lipinski definition) is 2. The first-order valence-corrected chi connectivity index (χ1v) is 8.02. The maximum absolute atomic E-state index is 3.84. The predicted octanol–water partition coefficient (Wildman–Crippen LogP) is 3.28. The first kappa shape index (κ1) is 14.3. The lowest BCUT2D eigenvalue weighted by Gasteiger charge is -2.53. The first-order valence-electron chi connectivity index (χ1n) is 8.02. The molecule has 2 heteroatoms. The van der Waals surface area contributed by atoms with Crippen LogP contribution in [0.2, 0.25) is 0 Å². The summed E-state index contributed by atoms with van der Waals surface area (Å²) in [6.07, 6.45) is 7.14. The van der Waals surface area contributed by atoms with Crippen molar-refractivity contribution in [1.82, 2.24) is 10.2 Å². The number of nitrogens with zero attached hydrogens (tertiary/aromatic N) is 1. The standard InChI is InChI=1S/C16H32N2/c1-13(2)10-18-11-15(14(3)4)17-12-16(18)8-6-5-7-9-16/h13-15,17H,5-12H2,1-4H3. The van der Waals surface area contributed by atoms with E-state index < -0.39 is 0 Å². The van der Waals surface area contributed by atoms with Crippen LogP contribution in [0, 0.1) is 11.8 Å². The first-order chi connectivity index (χ1) is 8.53. The van der Waals surface area contributed by atoms with Crippen LogP contribution >= 0.6 is 0 Å². The molecule has 1 aliphatic heterocycles. The second kappa shape index (κ2) is 5.92. The number of piperazine rings is 1. The van der Waals surface area contributed by atoms with E-state index in [-0.39, 0.29) is 0 Å². The van der Waals surface area contributed by atoms with Gasteiger partial charge in [0.1, 0.15) is 0 Å². The summed E-state index contributed by atoms with van der Waals surface area (Å²) in [5.41, 5.74) is 0.494. The highest BCUT2D eigenvalue weighted by molar-refractivity contribution is 5.01. The van der Waals surface area contributed by atoms with Crippen LogP contribution in [0.15, 0.2) is 0 Å². The van der Waals surface area contributed by atoms with Crippen LogP contribution in [0.1, 0.15) is 59.8 Å². The molecule has 0 aromatic heterocycles. The van der Waals surface area contributed by atoms with Crippen LogP contribution in [0.4, 0.5) is 0 Å². The average molecular weight is 252 g/mol. The van der Waals surface area contributed by atoms with Gasteiger partial charge in [0.05, 0.1) is 0 Å². The molecule has 2 aliphatic rings. The number of rotatable bonds is 3. The van der Waals surface area contributed by atoms with Crippen molar-refractivity contribution in [2.45, 2.75) is 71.4 Å². The van der Waals surface area contributed by atoms with Gasteiger partial charge in [-0.2, -0.15) is 0 Å². The van der Waals surface area contributed by atoms with Crippen LogP contribution < -0.4 is 5.32 Å². The van der Waals surface area contributed by atoms with E-state index in [4.69, 9.17) is 0 Å². The Morgan fingerprint density at radius 3 is 2.33 bits per heavy atom. The third-order valence-electron chi connectivity index (χ3n) is 4.96. The second-order valence-corrected chi connectivity index (χ2v) is 7.32. The Morgan fingerprint density at radius 2 is 1.78 bits per heavy atom. The molecule has 0 bridgehead atoms. The summed E-state index contributed by atoms with van der Waals surface area (Å²) in [6.45, 7) is 13.2. The van der Waals surface area contributed by atoms with E-state index in [9.17, 15) is 0 Å². The minimum atomic E-state index is 0.494. The molecule has 2 nitrogen and oxygen atoms in total. The molecule has 1 saturated heterocycles. The van der Waals surface area contributed by atoms with E-state index >= 15 is 0 Å². The van der Waals surface area contributed by atoms with E-state index in [0.29, 0.717) is 11.6 Å². The fourth-order valence-electron chi connectivity index (χ4n) is 3.79. The fourth-order valence-corrected chi connectivity index (χ4v) is 3.79. The summed E-state index contributed by atoms with van der Waals surface area (Å²) in [6, 6.07) is 0.691. The van der Waals surface area contributed by atoms with Crippen LogP contribution in [0.25, 0.3) is 0 Å². The molecule has 0 radical (unpaired) electrons. The van der Waals surface area contributed by atoms with Gasteiger partial charge in [0.2, 0.25) is 0 Å². The molecular weight excluding hydrogens is 220 g/mol. The van der Waals surface area contributed by atoms with Crippen molar-refractivity contribution >= 4 is 0 Å². The lowest BCUT2D eigenvalue weighted by atomic mass is 9.77. The van der Waals surface area contributed by atoms with Crippen molar-refractivity contribution in [2.24, 2.45) is 11.8 Å². The SMILES string of the molecule is CC(C)CN1CC(C(C)C)NCC12CCCCC2. The number of nitrogens with one attached hydrogen (secondary N) is 1. The van der Waals surface area contributed by atoms with Crippen LogP contribution in [-0.4, -0.2) is 36.1 Å². The molecule has 1 aliphatic carbocycles. The maximum atomic E-state index is 3.84. The quantitative estimate of drug-likeness (QED) is 0.829. The summed E-state index contributed by atoms with van der Waals surface area (Å²) in [4.78, 5) is 2.85. The Bertz CT molecular complexity index is 254. The van der Waals surface area contributed by atoms with E-state index in [1.54, 1.807) is 0 Å². The normalized spacial score (nSPS) is 29.3. The molecule has 1 unspecified atom stereocenters. The zero-order chi connectivity index (χ0) is 13.2. The highest BCUT2D eigenvalue weighted by Crippen LogP contribution is 2.36. The molecule has 1 spiro atoms. The van der Waals surface area contributed by atoms with Gasteiger partial charge >= 0.3 is 0 Å². The summed E-state index contributed by atoms with van der Waals surface area (Å²) < 4.78 is 0. The zero-order valence-corrected chi connectivity index (χ0v) is 12.8. The van der Waals surface area contributed by atoms with E-state index in [0.717, 1.165) is 11.8 Å². The summed E-state index contributed by atoms with van der Waals surface area (Å²) >= 11 is 0. The summed E-state index contributed by atoms with van der Waals surface area (Å²) in [5, 5.41) is 3.84. The lowest BCUT2D eigenvalue weighted by Crippen LogP contribution is -2.66. The molecule has 1 atom stereocenters. The van der Waals surface area contributed by atoms with Crippen molar-refractivity contribution < 1.29 is 0 Å². The topological polar surface area (TPSA) is 15.3 Å². The predicted molar refractivity (Wildman–Crippen MR) is 78.9 cm³/mol. The van der Waals surface area contributed by atoms with Crippen LogP contribution in [0.5, 0.6) is 0 Å². The molecule has 1 saturated carbocycles. The van der Waals surface area contributed by atoms with Gasteiger partial charge in [-0.15, -0.1) is 0 Å². The highest BCUT2D eigenvalue weighted by Gasteiger charge is 2.42. The van der Waals surface area contributed by atoms with Gasteiger partial charge in [0.15, 0.2) is 0 Å². The van der Waals surface area contributed by atoms with E-state index in [1.807, 2.05) is 0 Å². The van der Waals surface area contributed by atoms with E-state index in [2.05, 4.69) is 37.9 Å². The van der Waals surface area contributed by atoms with Gasteiger partial charge in [-0.3, -0.25) is 4.90 Å². The second-order valence-electron chi connectivity index (χ2n) is 7.32. The average Bonchev–Trinajstić information content (AvgIpc) is 2.32. The van der Waals surface area contributed by atoms with Gasteiger partial charge in [-0.1, -0.05) is 47.0 Å².